The second-order valence-corrected chi connectivity index (χ2v) is 7.98. The highest BCUT2D eigenvalue weighted by Crippen LogP contribution is 2.27. The number of pyridine rings is 1. The maximum atomic E-state index is 12.9. The summed E-state index contributed by atoms with van der Waals surface area (Å²) in [5, 5.41) is 16.2. The quantitative estimate of drug-likeness (QED) is 0.358. The Morgan fingerprint density at radius 2 is 1.94 bits per heavy atom. The summed E-state index contributed by atoms with van der Waals surface area (Å²) in [5.74, 6) is -0.158. The highest BCUT2D eigenvalue weighted by atomic mass is 32.1. The largest absolute Gasteiger partial charge is 0.344 e. The van der Waals surface area contributed by atoms with Crippen molar-refractivity contribution in [2.75, 3.05) is 31.1 Å². The summed E-state index contributed by atoms with van der Waals surface area (Å²) in [7, 11) is 0. The first-order valence-corrected chi connectivity index (χ1v) is 10.5. The molecule has 1 aliphatic heterocycles. The fourth-order valence-electron chi connectivity index (χ4n) is 3.49. The summed E-state index contributed by atoms with van der Waals surface area (Å²) < 4.78 is 1.48. The molecule has 0 N–H and O–H groups in total. The van der Waals surface area contributed by atoms with Crippen molar-refractivity contribution >= 4 is 38.4 Å². The van der Waals surface area contributed by atoms with E-state index in [1.165, 1.54) is 16.8 Å². The van der Waals surface area contributed by atoms with Crippen LogP contribution in [0.25, 0.3) is 16.0 Å². The Morgan fingerprint density at radius 3 is 2.71 bits per heavy atom. The number of benzene rings is 1. The molecule has 1 amide bonds. The molecule has 0 aliphatic carbocycles. The number of hydrogen-bond donors (Lipinski definition) is 0. The molecule has 0 unspecified atom stereocenters. The van der Waals surface area contributed by atoms with Gasteiger partial charge in [0.2, 0.25) is 0 Å². The van der Waals surface area contributed by atoms with Crippen LogP contribution >= 0.6 is 11.3 Å². The average molecular weight is 435 g/mol. The maximum Gasteiger partial charge on any atom is 0.274 e. The Bertz CT molecular complexity index is 1240. The number of carbonyl (C=O) groups excluding carboxylic acids is 1. The van der Waals surface area contributed by atoms with E-state index in [0.29, 0.717) is 37.6 Å². The van der Waals surface area contributed by atoms with Crippen LogP contribution in [0.15, 0.2) is 54.9 Å². The van der Waals surface area contributed by atoms with Gasteiger partial charge < -0.3 is 9.80 Å². The van der Waals surface area contributed by atoms with Gasteiger partial charge in [-0.3, -0.25) is 14.9 Å². The van der Waals surface area contributed by atoms with Crippen LogP contribution < -0.4 is 4.90 Å². The molecule has 1 aromatic carbocycles. The summed E-state index contributed by atoms with van der Waals surface area (Å²) in [6.07, 6.45) is 3.39. The van der Waals surface area contributed by atoms with Gasteiger partial charge in [-0.25, -0.2) is 14.6 Å². The molecule has 0 atom stereocenters. The van der Waals surface area contributed by atoms with E-state index in [-0.39, 0.29) is 11.6 Å². The molecule has 0 radical (unpaired) electrons. The molecule has 156 valence electrons. The molecule has 10 nitrogen and oxygen atoms in total. The standard InChI is InChI=1S/C20H17N7O3S/c28-19(17-6-8-26(23-17)14-3-1-4-15(13-14)27(29)30)24-9-11-25(12-10-24)20-22-16-5-2-7-21-18(16)31-20/h1-8,13H,9-12H2. The van der Waals surface area contributed by atoms with Crippen molar-refractivity contribution in [3.05, 3.63) is 70.7 Å². The van der Waals surface area contributed by atoms with Crippen LogP contribution in [0.2, 0.25) is 0 Å². The first-order valence-electron chi connectivity index (χ1n) is 9.65. The number of thiazole rings is 1. The zero-order chi connectivity index (χ0) is 21.4. The van der Waals surface area contributed by atoms with Crippen molar-refractivity contribution in [1.82, 2.24) is 24.6 Å². The van der Waals surface area contributed by atoms with E-state index in [2.05, 4.69) is 20.0 Å². The lowest BCUT2D eigenvalue weighted by molar-refractivity contribution is -0.384. The summed E-state index contributed by atoms with van der Waals surface area (Å²) >= 11 is 1.55. The van der Waals surface area contributed by atoms with Gasteiger partial charge in [-0.05, 0) is 24.3 Å². The molecule has 1 fully saturated rings. The van der Waals surface area contributed by atoms with E-state index < -0.39 is 4.92 Å². The normalized spacial score (nSPS) is 14.2. The Balaban J connectivity index is 1.26. The lowest BCUT2D eigenvalue weighted by Crippen LogP contribution is -2.48. The van der Waals surface area contributed by atoms with Crippen molar-refractivity contribution < 1.29 is 9.72 Å². The highest BCUT2D eigenvalue weighted by molar-refractivity contribution is 7.21. The van der Waals surface area contributed by atoms with Crippen molar-refractivity contribution in [2.45, 2.75) is 0 Å². The first kappa shape index (κ1) is 19.1. The van der Waals surface area contributed by atoms with E-state index >= 15 is 0 Å². The minimum absolute atomic E-state index is 0.0259. The molecule has 11 heteroatoms. The highest BCUT2D eigenvalue weighted by Gasteiger charge is 2.25. The Hall–Kier alpha value is -3.86. The Morgan fingerprint density at radius 1 is 1.10 bits per heavy atom. The number of nitrogens with zero attached hydrogens (tertiary/aromatic N) is 7. The Labute approximate surface area is 180 Å². The number of hydrogen-bond acceptors (Lipinski definition) is 8. The van der Waals surface area contributed by atoms with Crippen molar-refractivity contribution in [2.24, 2.45) is 0 Å². The number of piperazine rings is 1. The number of non-ortho nitro benzene ring substituents is 1. The third-order valence-corrected chi connectivity index (χ3v) is 6.15. The van der Waals surface area contributed by atoms with E-state index in [4.69, 9.17) is 0 Å². The number of nitro groups is 1. The van der Waals surface area contributed by atoms with Crippen LogP contribution in [0.4, 0.5) is 10.8 Å². The summed E-state index contributed by atoms with van der Waals surface area (Å²) in [6, 6.07) is 11.6. The fraction of sp³-hybridized carbons (Fsp3) is 0.200. The van der Waals surface area contributed by atoms with Gasteiger partial charge in [0, 0.05) is 50.7 Å². The predicted molar refractivity (Wildman–Crippen MR) is 116 cm³/mol. The average Bonchev–Trinajstić information content (AvgIpc) is 3.46. The predicted octanol–water partition coefficient (Wildman–Crippen LogP) is 2.75. The lowest BCUT2D eigenvalue weighted by Gasteiger charge is -2.34. The van der Waals surface area contributed by atoms with E-state index in [1.54, 1.807) is 46.8 Å². The van der Waals surface area contributed by atoms with E-state index in [0.717, 1.165) is 15.5 Å². The van der Waals surface area contributed by atoms with Crippen molar-refractivity contribution in [3.63, 3.8) is 0 Å². The van der Waals surface area contributed by atoms with Crippen molar-refractivity contribution in [3.8, 4) is 5.69 Å². The summed E-state index contributed by atoms with van der Waals surface area (Å²) in [5.41, 5.74) is 1.70. The number of anilines is 1. The number of rotatable bonds is 4. The minimum Gasteiger partial charge on any atom is -0.344 e. The minimum atomic E-state index is -0.458. The van der Waals surface area contributed by atoms with Crippen LogP contribution in [0.5, 0.6) is 0 Å². The second-order valence-electron chi connectivity index (χ2n) is 7.03. The molecule has 5 rings (SSSR count). The smallest absolute Gasteiger partial charge is 0.274 e. The third kappa shape index (κ3) is 3.70. The van der Waals surface area contributed by atoms with Crippen LogP contribution in [-0.2, 0) is 0 Å². The lowest BCUT2D eigenvalue weighted by atomic mass is 10.3. The number of amides is 1. The van der Waals surface area contributed by atoms with Crippen LogP contribution in [-0.4, -0.2) is 61.7 Å². The van der Waals surface area contributed by atoms with Gasteiger partial charge in [-0.2, -0.15) is 5.10 Å². The van der Waals surface area contributed by atoms with Gasteiger partial charge in [0.15, 0.2) is 10.8 Å². The third-order valence-electron chi connectivity index (χ3n) is 5.11. The molecule has 1 aliphatic rings. The number of carbonyl (C=O) groups is 1. The van der Waals surface area contributed by atoms with Crippen LogP contribution in [0, 0.1) is 10.1 Å². The van der Waals surface area contributed by atoms with Gasteiger partial charge in [-0.15, -0.1) is 0 Å². The van der Waals surface area contributed by atoms with E-state index in [1.807, 2.05) is 12.1 Å². The SMILES string of the molecule is O=C(c1ccn(-c2cccc([N+](=O)[O-])c2)n1)N1CCN(c2nc3cccnc3s2)CC1. The van der Waals surface area contributed by atoms with Gasteiger partial charge in [0.1, 0.15) is 10.3 Å². The van der Waals surface area contributed by atoms with Gasteiger partial charge >= 0.3 is 0 Å². The number of fused-ring (bicyclic) bond motifs is 1. The number of aromatic nitrogens is 4. The van der Waals surface area contributed by atoms with Crippen LogP contribution in [0.1, 0.15) is 10.5 Å². The molecule has 4 aromatic rings. The summed E-state index contributed by atoms with van der Waals surface area (Å²) in [4.78, 5) is 37.2. The topological polar surface area (TPSA) is 110 Å². The van der Waals surface area contributed by atoms with Gasteiger partial charge in [-0.1, -0.05) is 17.4 Å². The molecule has 31 heavy (non-hydrogen) atoms. The van der Waals surface area contributed by atoms with Crippen LogP contribution in [0.3, 0.4) is 0 Å². The molecule has 3 aromatic heterocycles. The second kappa shape index (κ2) is 7.76. The summed E-state index contributed by atoms with van der Waals surface area (Å²) in [6.45, 7) is 2.48. The molecule has 4 heterocycles. The fourth-order valence-corrected chi connectivity index (χ4v) is 4.45. The molecule has 0 bridgehead atoms. The molecular weight excluding hydrogens is 418 g/mol. The van der Waals surface area contributed by atoms with Gasteiger partial charge in [0.25, 0.3) is 11.6 Å². The molecule has 1 saturated heterocycles. The maximum absolute atomic E-state index is 12.9. The first-order chi connectivity index (χ1) is 15.1. The molecular formula is C20H17N7O3S. The monoisotopic (exact) mass is 435 g/mol. The zero-order valence-corrected chi connectivity index (χ0v) is 17.1. The molecule has 0 spiro atoms. The number of nitro benzene ring substituents is 1. The Kier molecular flexibility index (Phi) is 4.79. The van der Waals surface area contributed by atoms with E-state index in [9.17, 15) is 14.9 Å². The van der Waals surface area contributed by atoms with Crippen molar-refractivity contribution in [1.29, 1.82) is 0 Å². The zero-order valence-electron chi connectivity index (χ0n) is 16.3. The van der Waals surface area contributed by atoms with Gasteiger partial charge in [0.05, 0.1) is 10.6 Å². The molecule has 0 saturated carbocycles.